The SMILES string of the molecule is CC(C)CC(CN)NC(=O)CCCc1nc(C(C)(C)C)no1.Cl. The molecule has 1 heterocycles. The molecule has 1 unspecified atom stereocenters. The molecule has 0 radical (unpaired) electrons. The molecule has 0 bridgehead atoms. The highest BCUT2D eigenvalue weighted by molar-refractivity contribution is 5.85. The fourth-order valence-corrected chi connectivity index (χ4v) is 2.14. The number of amides is 1. The summed E-state index contributed by atoms with van der Waals surface area (Å²) in [6, 6.07) is 0.0587. The topological polar surface area (TPSA) is 94.0 Å². The van der Waals surface area contributed by atoms with Crippen molar-refractivity contribution in [3.63, 3.8) is 0 Å². The molecule has 1 atom stereocenters. The van der Waals surface area contributed by atoms with E-state index in [1.165, 1.54) is 0 Å². The van der Waals surface area contributed by atoms with Crippen molar-refractivity contribution in [1.82, 2.24) is 15.5 Å². The van der Waals surface area contributed by atoms with Crippen molar-refractivity contribution in [3.8, 4) is 0 Å². The quantitative estimate of drug-likeness (QED) is 0.754. The molecule has 134 valence electrons. The first kappa shape index (κ1) is 21.9. The Morgan fingerprint density at radius 2 is 2.00 bits per heavy atom. The van der Waals surface area contributed by atoms with Crippen LogP contribution in [0.15, 0.2) is 4.52 Å². The average Bonchev–Trinajstić information content (AvgIpc) is 2.86. The lowest BCUT2D eigenvalue weighted by molar-refractivity contribution is -0.121. The summed E-state index contributed by atoms with van der Waals surface area (Å²) in [7, 11) is 0. The van der Waals surface area contributed by atoms with Gasteiger partial charge in [0.1, 0.15) is 0 Å². The number of carbonyl (C=O) groups excluding carboxylic acids is 1. The lowest BCUT2D eigenvalue weighted by atomic mass is 9.96. The maximum atomic E-state index is 11.9. The third-order valence-corrected chi connectivity index (χ3v) is 3.34. The third-order valence-electron chi connectivity index (χ3n) is 3.34. The minimum Gasteiger partial charge on any atom is -0.352 e. The number of nitrogens with one attached hydrogen (secondary N) is 1. The number of rotatable bonds is 8. The highest BCUT2D eigenvalue weighted by Crippen LogP contribution is 2.18. The second-order valence-corrected chi connectivity index (χ2v) is 7.24. The summed E-state index contributed by atoms with van der Waals surface area (Å²) in [6.45, 7) is 10.8. The van der Waals surface area contributed by atoms with E-state index in [2.05, 4.69) is 29.3 Å². The van der Waals surface area contributed by atoms with Gasteiger partial charge in [-0.2, -0.15) is 4.98 Å². The Morgan fingerprint density at radius 3 is 2.48 bits per heavy atom. The predicted molar refractivity (Wildman–Crippen MR) is 93.6 cm³/mol. The van der Waals surface area contributed by atoms with Gasteiger partial charge in [-0.05, 0) is 18.8 Å². The van der Waals surface area contributed by atoms with Crippen LogP contribution in [0.2, 0.25) is 0 Å². The van der Waals surface area contributed by atoms with E-state index in [4.69, 9.17) is 10.3 Å². The average molecular weight is 347 g/mol. The predicted octanol–water partition coefficient (Wildman–Crippen LogP) is 2.60. The molecule has 6 nitrogen and oxygen atoms in total. The molecule has 1 aromatic rings. The molecular formula is C16H31ClN4O2. The molecule has 0 aliphatic heterocycles. The van der Waals surface area contributed by atoms with Crippen LogP contribution in [-0.2, 0) is 16.6 Å². The van der Waals surface area contributed by atoms with E-state index in [0.717, 1.165) is 6.42 Å². The highest BCUT2D eigenvalue weighted by atomic mass is 35.5. The molecule has 1 aromatic heterocycles. The van der Waals surface area contributed by atoms with Gasteiger partial charge in [-0.3, -0.25) is 4.79 Å². The first-order chi connectivity index (χ1) is 10.2. The molecule has 0 aliphatic rings. The van der Waals surface area contributed by atoms with Gasteiger partial charge in [0.15, 0.2) is 5.82 Å². The minimum absolute atomic E-state index is 0. The number of halogens is 1. The zero-order chi connectivity index (χ0) is 16.8. The van der Waals surface area contributed by atoms with E-state index in [9.17, 15) is 4.79 Å². The van der Waals surface area contributed by atoms with Gasteiger partial charge in [-0.25, -0.2) is 0 Å². The van der Waals surface area contributed by atoms with Crippen LogP contribution in [0.5, 0.6) is 0 Å². The number of nitrogens with zero attached hydrogens (tertiary/aromatic N) is 2. The van der Waals surface area contributed by atoms with Crippen molar-refractivity contribution < 1.29 is 9.32 Å². The van der Waals surface area contributed by atoms with Crippen LogP contribution in [0.1, 0.15) is 65.6 Å². The standard InChI is InChI=1S/C16H30N4O2.ClH/c1-11(2)9-12(10-17)18-13(21)7-6-8-14-19-15(20-22-14)16(3,4)5;/h11-12H,6-10,17H2,1-5H3,(H,18,21);1H. The van der Waals surface area contributed by atoms with E-state index in [1.54, 1.807) is 0 Å². The second-order valence-electron chi connectivity index (χ2n) is 7.24. The molecule has 0 spiro atoms. The molecule has 7 heteroatoms. The smallest absolute Gasteiger partial charge is 0.226 e. The van der Waals surface area contributed by atoms with Crippen molar-refractivity contribution in [2.45, 2.75) is 71.8 Å². The summed E-state index contributed by atoms with van der Waals surface area (Å²) in [5, 5.41) is 6.96. The van der Waals surface area contributed by atoms with Gasteiger partial charge >= 0.3 is 0 Å². The molecule has 0 fully saturated rings. The Balaban J connectivity index is 0.00000484. The normalized spacial score (nSPS) is 12.8. The maximum Gasteiger partial charge on any atom is 0.226 e. The molecule has 0 saturated heterocycles. The Kier molecular flexibility index (Phi) is 9.39. The molecule has 0 aromatic carbocycles. The Morgan fingerprint density at radius 1 is 1.35 bits per heavy atom. The third kappa shape index (κ3) is 8.32. The van der Waals surface area contributed by atoms with Crippen LogP contribution >= 0.6 is 12.4 Å². The van der Waals surface area contributed by atoms with E-state index >= 15 is 0 Å². The molecular weight excluding hydrogens is 316 g/mol. The van der Waals surface area contributed by atoms with Crippen LogP contribution in [0.25, 0.3) is 0 Å². The van der Waals surface area contributed by atoms with Crippen molar-refractivity contribution in [3.05, 3.63) is 11.7 Å². The van der Waals surface area contributed by atoms with Crippen LogP contribution in [0.4, 0.5) is 0 Å². The number of carbonyl (C=O) groups is 1. The van der Waals surface area contributed by atoms with E-state index in [1.807, 2.05) is 20.8 Å². The maximum absolute atomic E-state index is 11.9. The molecule has 0 aliphatic carbocycles. The van der Waals surface area contributed by atoms with Crippen molar-refractivity contribution in [2.24, 2.45) is 11.7 Å². The lowest BCUT2D eigenvalue weighted by Gasteiger charge is -2.18. The van der Waals surface area contributed by atoms with Gasteiger partial charge in [0, 0.05) is 30.8 Å². The summed E-state index contributed by atoms with van der Waals surface area (Å²) in [5.74, 6) is 1.84. The number of aromatic nitrogens is 2. The second kappa shape index (κ2) is 9.88. The first-order valence-corrected chi connectivity index (χ1v) is 8.05. The number of aryl methyl sites for hydroxylation is 1. The Labute approximate surface area is 145 Å². The Bertz CT molecular complexity index is 469. The van der Waals surface area contributed by atoms with Crippen LogP contribution in [0, 0.1) is 5.92 Å². The van der Waals surface area contributed by atoms with E-state index < -0.39 is 0 Å². The van der Waals surface area contributed by atoms with Crippen molar-refractivity contribution in [2.75, 3.05) is 6.54 Å². The number of hydrogen-bond acceptors (Lipinski definition) is 5. The fraction of sp³-hybridized carbons (Fsp3) is 0.812. The summed E-state index contributed by atoms with van der Waals surface area (Å²) < 4.78 is 5.22. The van der Waals surface area contributed by atoms with E-state index in [0.29, 0.717) is 43.4 Å². The van der Waals surface area contributed by atoms with Crippen molar-refractivity contribution >= 4 is 18.3 Å². The molecule has 3 N–H and O–H groups in total. The zero-order valence-corrected chi connectivity index (χ0v) is 15.7. The number of hydrogen-bond donors (Lipinski definition) is 2. The lowest BCUT2D eigenvalue weighted by Crippen LogP contribution is -2.40. The van der Waals surface area contributed by atoms with Gasteiger partial charge < -0.3 is 15.6 Å². The molecule has 1 amide bonds. The molecule has 1 rings (SSSR count). The zero-order valence-electron chi connectivity index (χ0n) is 14.9. The highest BCUT2D eigenvalue weighted by Gasteiger charge is 2.21. The summed E-state index contributed by atoms with van der Waals surface area (Å²) >= 11 is 0. The fourth-order valence-electron chi connectivity index (χ4n) is 2.14. The minimum atomic E-state index is -0.121. The summed E-state index contributed by atoms with van der Waals surface area (Å²) in [6.07, 6.45) is 2.66. The van der Waals surface area contributed by atoms with Gasteiger partial charge in [0.05, 0.1) is 0 Å². The van der Waals surface area contributed by atoms with Gasteiger partial charge in [0.25, 0.3) is 0 Å². The van der Waals surface area contributed by atoms with Crippen LogP contribution < -0.4 is 11.1 Å². The molecule has 23 heavy (non-hydrogen) atoms. The van der Waals surface area contributed by atoms with Crippen LogP contribution in [0.3, 0.4) is 0 Å². The van der Waals surface area contributed by atoms with E-state index in [-0.39, 0.29) is 29.8 Å². The molecule has 0 saturated carbocycles. The van der Waals surface area contributed by atoms with Crippen molar-refractivity contribution in [1.29, 1.82) is 0 Å². The first-order valence-electron chi connectivity index (χ1n) is 8.05. The monoisotopic (exact) mass is 346 g/mol. The van der Waals surface area contributed by atoms with Crippen LogP contribution in [-0.4, -0.2) is 28.6 Å². The van der Waals surface area contributed by atoms with Gasteiger partial charge in [-0.15, -0.1) is 12.4 Å². The summed E-state index contributed by atoms with van der Waals surface area (Å²) in [5.41, 5.74) is 5.56. The largest absolute Gasteiger partial charge is 0.352 e. The van der Waals surface area contributed by atoms with Gasteiger partial charge in [-0.1, -0.05) is 39.8 Å². The Hall–Kier alpha value is -1.14. The number of nitrogens with two attached hydrogens (primary N) is 1. The summed E-state index contributed by atoms with van der Waals surface area (Å²) in [4.78, 5) is 16.3. The van der Waals surface area contributed by atoms with Gasteiger partial charge in [0.2, 0.25) is 11.8 Å².